The summed E-state index contributed by atoms with van der Waals surface area (Å²) >= 11 is 0. The molecular formula is C14H15N3O2. The first-order chi connectivity index (χ1) is 9.22. The zero-order valence-corrected chi connectivity index (χ0v) is 10.6. The van der Waals surface area contributed by atoms with Crippen molar-refractivity contribution in [2.45, 2.75) is 6.54 Å². The van der Waals surface area contributed by atoms with Gasteiger partial charge in [0.15, 0.2) is 0 Å². The average molecular weight is 257 g/mol. The van der Waals surface area contributed by atoms with Crippen LogP contribution in [-0.2, 0) is 6.54 Å². The predicted molar refractivity (Wildman–Crippen MR) is 72.8 cm³/mol. The molecule has 2 rings (SSSR count). The van der Waals surface area contributed by atoms with Crippen LogP contribution in [-0.4, -0.2) is 18.0 Å². The Morgan fingerprint density at radius 2 is 2.05 bits per heavy atom. The number of methoxy groups -OCH3 is 1. The van der Waals surface area contributed by atoms with Crippen molar-refractivity contribution in [3.05, 3.63) is 53.9 Å². The van der Waals surface area contributed by atoms with Gasteiger partial charge in [-0.25, -0.2) is 0 Å². The predicted octanol–water partition coefficient (Wildman–Crippen LogP) is 1.60. The minimum Gasteiger partial charge on any atom is -0.495 e. The first-order valence-electron chi connectivity index (χ1n) is 5.82. The Morgan fingerprint density at radius 1 is 1.32 bits per heavy atom. The fourth-order valence-electron chi connectivity index (χ4n) is 1.70. The maximum absolute atomic E-state index is 12.0. The Morgan fingerprint density at radius 3 is 2.74 bits per heavy atom. The smallest absolute Gasteiger partial charge is 0.253 e. The minimum absolute atomic E-state index is 0.229. The molecule has 1 aromatic heterocycles. The van der Waals surface area contributed by atoms with Gasteiger partial charge >= 0.3 is 0 Å². The number of nitrogen functional groups attached to an aromatic ring is 1. The number of pyridine rings is 1. The molecule has 2 aromatic rings. The molecule has 0 radical (unpaired) electrons. The highest BCUT2D eigenvalue weighted by Gasteiger charge is 2.12. The van der Waals surface area contributed by atoms with Gasteiger partial charge in [0, 0.05) is 18.9 Å². The Labute approximate surface area is 111 Å². The normalized spacial score (nSPS) is 9.95. The number of carbonyl (C=O) groups excluding carboxylic acids is 1. The molecule has 0 aliphatic heterocycles. The number of aromatic nitrogens is 1. The molecule has 1 heterocycles. The minimum atomic E-state index is -0.229. The molecule has 98 valence electrons. The van der Waals surface area contributed by atoms with Gasteiger partial charge in [-0.3, -0.25) is 9.78 Å². The van der Waals surface area contributed by atoms with Crippen molar-refractivity contribution in [2.24, 2.45) is 0 Å². The van der Waals surface area contributed by atoms with Crippen LogP contribution < -0.4 is 15.8 Å². The second kappa shape index (κ2) is 5.86. The van der Waals surface area contributed by atoms with E-state index in [-0.39, 0.29) is 5.91 Å². The fourth-order valence-corrected chi connectivity index (χ4v) is 1.70. The summed E-state index contributed by atoms with van der Waals surface area (Å²) in [5, 5.41) is 2.81. The van der Waals surface area contributed by atoms with E-state index in [1.54, 1.807) is 30.6 Å². The van der Waals surface area contributed by atoms with E-state index < -0.39 is 0 Å². The molecule has 0 saturated heterocycles. The molecule has 0 fully saturated rings. The molecule has 0 bridgehead atoms. The highest BCUT2D eigenvalue weighted by Crippen LogP contribution is 2.24. The maximum Gasteiger partial charge on any atom is 0.253 e. The molecule has 0 aliphatic rings. The topological polar surface area (TPSA) is 77.2 Å². The number of amides is 1. The van der Waals surface area contributed by atoms with Crippen molar-refractivity contribution >= 4 is 11.6 Å². The number of ether oxygens (including phenoxy) is 1. The molecule has 5 heteroatoms. The number of nitrogens with two attached hydrogens (primary N) is 1. The maximum atomic E-state index is 12.0. The molecule has 0 saturated carbocycles. The van der Waals surface area contributed by atoms with E-state index in [4.69, 9.17) is 10.5 Å². The lowest BCUT2D eigenvalue weighted by molar-refractivity contribution is 0.0951. The van der Waals surface area contributed by atoms with Crippen molar-refractivity contribution in [3.8, 4) is 5.75 Å². The van der Waals surface area contributed by atoms with Crippen LogP contribution in [0, 0.1) is 0 Å². The lowest BCUT2D eigenvalue weighted by Gasteiger charge is -2.10. The summed E-state index contributed by atoms with van der Waals surface area (Å²) in [7, 11) is 1.52. The first kappa shape index (κ1) is 12.9. The van der Waals surface area contributed by atoms with Gasteiger partial charge in [-0.15, -0.1) is 0 Å². The number of hydrogen-bond acceptors (Lipinski definition) is 4. The average Bonchev–Trinajstić information content (AvgIpc) is 2.46. The lowest BCUT2D eigenvalue weighted by Crippen LogP contribution is -2.23. The zero-order chi connectivity index (χ0) is 13.7. The number of anilines is 1. The van der Waals surface area contributed by atoms with Crippen LogP contribution in [0.3, 0.4) is 0 Å². The Hall–Kier alpha value is -2.56. The third-order valence-electron chi connectivity index (χ3n) is 2.73. The van der Waals surface area contributed by atoms with E-state index >= 15 is 0 Å². The van der Waals surface area contributed by atoms with Crippen LogP contribution in [0.1, 0.15) is 15.9 Å². The second-order valence-electron chi connectivity index (χ2n) is 3.96. The Bertz CT molecular complexity index is 570. The van der Waals surface area contributed by atoms with E-state index in [1.807, 2.05) is 12.1 Å². The summed E-state index contributed by atoms with van der Waals surface area (Å²) in [6, 6.07) is 8.80. The monoisotopic (exact) mass is 257 g/mol. The summed E-state index contributed by atoms with van der Waals surface area (Å²) < 4.78 is 5.09. The molecular weight excluding hydrogens is 242 g/mol. The number of nitrogens with one attached hydrogen (secondary N) is 1. The molecule has 19 heavy (non-hydrogen) atoms. The van der Waals surface area contributed by atoms with Gasteiger partial charge in [0.2, 0.25) is 0 Å². The van der Waals surface area contributed by atoms with Crippen LogP contribution in [0.4, 0.5) is 5.69 Å². The SMILES string of the molecule is COc1cccc(C(=O)NCc2ccncc2)c1N. The molecule has 5 nitrogen and oxygen atoms in total. The fraction of sp³-hybridized carbons (Fsp3) is 0.143. The van der Waals surface area contributed by atoms with E-state index in [9.17, 15) is 4.79 Å². The number of para-hydroxylation sites is 1. The van der Waals surface area contributed by atoms with Crippen LogP contribution >= 0.6 is 0 Å². The van der Waals surface area contributed by atoms with Crippen LogP contribution in [0.15, 0.2) is 42.7 Å². The second-order valence-corrected chi connectivity index (χ2v) is 3.96. The van der Waals surface area contributed by atoms with Crippen molar-refractivity contribution in [1.29, 1.82) is 0 Å². The van der Waals surface area contributed by atoms with Gasteiger partial charge in [0.05, 0.1) is 18.4 Å². The van der Waals surface area contributed by atoms with E-state index in [1.165, 1.54) is 7.11 Å². The summed E-state index contributed by atoms with van der Waals surface area (Å²) in [6.07, 6.45) is 3.36. The third-order valence-corrected chi connectivity index (χ3v) is 2.73. The third kappa shape index (κ3) is 3.01. The molecule has 0 atom stereocenters. The summed E-state index contributed by atoms with van der Waals surface area (Å²) in [5.74, 6) is 0.268. The zero-order valence-electron chi connectivity index (χ0n) is 10.6. The van der Waals surface area contributed by atoms with Gasteiger partial charge in [-0.05, 0) is 29.8 Å². The quantitative estimate of drug-likeness (QED) is 0.816. The summed E-state index contributed by atoms with van der Waals surface area (Å²) in [4.78, 5) is 16.0. The standard InChI is InChI=1S/C14H15N3O2/c1-19-12-4-2-3-11(13(12)15)14(18)17-9-10-5-7-16-8-6-10/h2-8H,9,15H2,1H3,(H,17,18). The van der Waals surface area contributed by atoms with Crippen LogP contribution in [0.2, 0.25) is 0 Å². The lowest BCUT2D eigenvalue weighted by atomic mass is 10.1. The first-order valence-corrected chi connectivity index (χ1v) is 5.82. The van der Waals surface area contributed by atoms with E-state index in [0.29, 0.717) is 23.5 Å². The van der Waals surface area contributed by atoms with Crippen molar-refractivity contribution < 1.29 is 9.53 Å². The number of nitrogens with zero attached hydrogens (tertiary/aromatic N) is 1. The molecule has 0 unspecified atom stereocenters. The van der Waals surface area contributed by atoms with E-state index in [0.717, 1.165) is 5.56 Å². The molecule has 1 aromatic carbocycles. The molecule has 0 aliphatic carbocycles. The van der Waals surface area contributed by atoms with Gasteiger partial charge in [0.25, 0.3) is 5.91 Å². The van der Waals surface area contributed by atoms with Crippen molar-refractivity contribution in [1.82, 2.24) is 10.3 Å². The van der Waals surface area contributed by atoms with Gasteiger partial charge in [0.1, 0.15) is 5.75 Å². The molecule has 1 amide bonds. The van der Waals surface area contributed by atoms with E-state index in [2.05, 4.69) is 10.3 Å². The number of hydrogen-bond donors (Lipinski definition) is 2. The summed E-state index contributed by atoms with van der Waals surface area (Å²) in [6.45, 7) is 0.429. The molecule has 3 N–H and O–H groups in total. The highest BCUT2D eigenvalue weighted by atomic mass is 16.5. The highest BCUT2D eigenvalue weighted by molar-refractivity contribution is 6.00. The number of benzene rings is 1. The molecule has 0 spiro atoms. The summed E-state index contributed by atoms with van der Waals surface area (Å²) in [5.41, 5.74) is 7.60. The van der Waals surface area contributed by atoms with Gasteiger partial charge in [-0.1, -0.05) is 6.07 Å². The largest absolute Gasteiger partial charge is 0.495 e. The Kier molecular flexibility index (Phi) is 3.97. The van der Waals surface area contributed by atoms with Gasteiger partial charge < -0.3 is 15.8 Å². The van der Waals surface area contributed by atoms with Gasteiger partial charge in [-0.2, -0.15) is 0 Å². The van der Waals surface area contributed by atoms with Crippen molar-refractivity contribution in [2.75, 3.05) is 12.8 Å². The number of carbonyl (C=O) groups is 1. The van der Waals surface area contributed by atoms with Crippen LogP contribution in [0.25, 0.3) is 0 Å². The Balaban J connectivity index is 2.08. The van der Waals surface area contributed by atoms with Crippen molar-refractivity contribution in [3.63, 3.8) is 0 Å². The van der Waals surface area contributed by atoms with Crippen LogP contribution in [0.5, 0.6) is 5.75 Å². The number of rotatable bonds is 4.